The standard InChI is InChI=1S/C28H29BrN4O4S/c1-17-15-22(13-14-23(17)29)37-16-24(34)31-27(38)33-32-26(36)19-7-11-21(12-8-19)30-25(35)18-5-9-20(10-6-18)28(2,3)4/h5-15H,16H2,1-4H3,(H,30,35)(H,32,36)(H2,31,33,34,38). The van der Waals surface area contributed by atoms with Crippen LogP contribution in [-0.2, 0) is 10.2 Å². The minimum atomic E-state index is -0.481. The lowest BCUT2D eigenvalue weighted by atomic mass is 9.87. The van der Waals surface area contributed by atoms with Gasteiger partial charge in [0.1, 0.15) is 5.75 Å². The molecule has 0 saturated heterocycles. The minimum absolute atomic E-state index is 0.00362. The van der Waals surface area contributed by atoms with E-state index in [1.54, 1.807) is 48.5 Å². The zero-order valence-electron chi connectivity index (χ0n) is 21.5. The van der Waals surface area contributed by atoms with Crippen LogP contribution in [-0.4, -0.2) is 29.4 Å². The lowest BCUT2D eigenvalue weighted by Crippen LogP contribution is -2.49. The molecule has 0 fully saturated rings. The summed E-state index contributed by atoms with van der Waals surface area (Å²) in [4.78, 5) is 37.0. The summed E-state index contributed by atoms with van der Waals surface area (Å²) in [6, 6.07) is 19.2. The Labute approximate surface area is 235 Å². The molecule has 3 rings (SSSR count). The maximum absolute atomic E-state index is 12.6. The molecule has 0 aromatic heterocycles. The number of nitrogens with one attached hydrogen (secondary N) is 4. The number of aryl methyl sites for hydroxylation is 1. The molecule has 0 saturated carbocycles. The molecule has 0 unspecified atom stereocenters. The SMILES string of the molecule is Cc1cc(OCC(=O)NC(=S)NNC(=O)c2ccc(NC(=O)c3ccc(C(C)(C)C)cc3)cc2)ccc1Br. The number of halogens is 1. The van der Waals surface area contributed by atoms with E-state index in [9.17, 15) is 14.4 Å². The second-order valence-corrected chi connectivity index (χ2v) is 10.8. The highest BCUT2D eigenvalue weighted by Crippen LogP contribution is 2.23. The smallest absolute Gasteiger partial charge is 0.269 e. The van der Waals surface area contributed by atoms with Crippen LogP contribution in [0, 0.1) is 6.92 Å². The first-order valence-electron chi connectivity index (χ1n) is 11.7. The molecule has 0 aliphatic carbocycles. The molecule has 3 aromatic rings. The van der Waals surface area contributed by atoms with Gasteiger partial charge < -0.3 is 10.1 Å². The van der Waals surface area contributed by atoms with Crippen molar-refractivity contribution < 1.29 is 19.1 Å². The molecule has 0 bridgehead atoms. The van der Waals surface area contributed by atoms with Gasteiger partial charge in [0.05, 0.1) is 0 Å². The van der Waals surface area contributed by atoms with Crippen molar-refractivity contribution in [3.63, 3.8) is 0 Å². The number of amides is 3. The van der Waals surface area contributed by atoms with Gasteiger partial charge in [0.2, 0.25) is 0 Å². The van der Waals surface area contributed by atoms with Gasteiger partial charge in [-0.3, -0.25) is 30.6 Å². The van der Waals surface area contributed by atoms with Crippen molar-refractivity contribution in [1.82, 2.24) is 16.2 Å². The van der Waals surface area contributed by atoms with Crippen LogP contribution in [0.3, 0.4) is 0 Å². The van der Waals surface area contributed by atoms with E-state index in [2.05, 4.69) is 58.2 Å². The number of rotatable bonds is 6. The molecule has 0 aliphatic rings. The van der Waals surface area contributed by atoms with Crippen molar-refractivity contribution >= 4 is 56.7 Å². The van der Waals surface area contributed by atoms with Crippen molar-refractivity contribution in [2.75, 3.05) is 11.9 Å². The topological polar surface area (TPSA) is 109 Å². The first kappa shape index (κ1) is 28.8. The van der Waals surface area contributed by atoms with Gasteiger partial charge in [-0.1, -0.05) is 48.8 Å². The minimum Gasteiger partial charge on any atom is -0.484 e. The van der Waals surface area contributed by atoms with Gasteiger partial charge >= 0.3 is 0 Å². The Morgan fingerprint density at radius 2 is 1.47 bits per heavy atom. The predicted octanol–water partition coefficient (Wildman–Crippen LogP) is 5.02. The fraction of sp³-hybridized carbons (Fsp3) is 0.214. The predicted molar refractivity (Wildman–Crippen MR) is 155 cm³/mol. The Hall–Kier alpha value is -3.76. The van der Waals surface area contributed by atoms with E-state index in [1.807, 2.05) is 25.1 Å². The van der Waals surface area contributed by atoms with Crippen LogP contribution in [0.4, 0.5) is 5.69 Å². The Morgan fingerprint density at radius 3 is 2.08 bits per heavy atom. The quantitative estimate of drug-likeness (QED) is 0.235. The lowest BCUT2D eigenvalue weighted by molar-refractivity contribution is -0.121. The Balaban J connectivity index is 1.43. The van der Waals surface area contributed by atoms with Crippen molar-refractivity contribution in [2.24, 2.45) is 0 Å². The number of thiocarbonyl (C=S) groups is 1. The highest BCUT2D eigenvalue weighted by Gasteiger charge is 2.15. The molecule has 10 heteroatoms. The normalized spacial score (nSPS) is 10.8. The zero-order chi connectivity index (χ0) is 27.9. The van der Waals surface area contributed by atoms with E-state index >= 15 is 0 Å². The van der Waals surface area contributed by atoms with Crippen LogP contribution in [0.5, 0.6) is 5.75 Å². The van der Waals surface area contributed by atoms with Gasteiger partial charge in [-0.25, -0.2) is 0 Å². The lowest BCUT2D eigenvalue weighted by Gasteiger charge is -2.19. The largest absolute Gasteiger partial charge is 0.484 e. The van der Waals surface area contributed by atoms with Gasteiger partial charge in [0, 0.05) is 21.3 Å². The first-order valence-corrected chi connectivity index (χ1v) is 12.9. The summed E-state index contributed by atoms with van der Waals surface area (Å²) in [5.41, 5.74) is 8.43. The molecule has 38 heavy (non-hydrogen) atoms. The maximum atomic E-state index is 12.6. The molecule has 0 heterocycles. The summed E-state index contributed by atoms with van der Waals surface area (Å²) >= 11 is 8.45. The molecule has 8 nitrogen and oxygen atoms in total. The third-order valence-corrected chi connectivity index (χ3v) is 6.55. The summed E-state index contributed by atoms with van der Waals surface area (Å²) < 4.78 is 6.39. The van der Waals surface area contributed by atoms with Gasteiger partial charge in [-0.15, -0.1) is 0 Å². The summed E-state index contributed by atoms with van der Waals surface area (Å²) in [5.74, 6) is -0.653. The number of carbonyl (C=O) groups excluding carboxylic acids is 3. The van der Waals surface area contributed by atoms with E-state index in [0.29, 0.717) is 22.6 Å². The van der Waals surface area contributed by atoms with Gasteiger partial charge in [0.25, 0.3) is 17.7 Å². The molecule has 3 amide bonds. The number of anilines is 1. The molecule has 4 N–H and O–H groups in total. The molecule has 198 valence electrons. The van der Waals surface area contributed by atoms with Crippen LogP contribution < -0.4 is 26.2 Å². The fourth-order valence-electron chi connectivity index (χ4n) is 3.27. The van der Waals surface area contributed by atoms with E-state index in [4.69, 9.17) is 17.0 Å². The summed E-state index contributed by atoms with van der Waals surface area (Å²) in [6.07, 6.45) is 0. The van der Waals surface area contributed by atoms with Crippen molar-refractivity contribution in [3.05, 3.63) is 93.5 Å². The Kier molecular flexibility index (Phi) is 9.60. The van der Waals surface area contributed by atoms with Gasteiger partial charge in [0.15, 0.2) is 11.7 Å². The number of hydrogen-bond acceptors (Lipinski definition) is 5. The maximum Gasteiger partial charge on any atom is 0.269 e. The van der Waals surface area contributed by atoms with Gasteiger partial charge in [-0.05, 0) is 90.3 Å². The third-order valence-electron chi connectivity index (χ3n) is 5.46. The fourth-order valence-corrected chi connectivity index (χ4v) is 3.68. The van der Waals surface area contributed by atoms with Crippen molar-refractivity contribution in [3.8, 4) is 5.75 Å². The molecular weight excluding hydrogens is 568 g/mol. The van der Waals surface area contributed by atoms with Gasteiger partial charge in [-0.2, -0.15) is 0 Å². The Bertz CT molecular complexity index is 1340. The van der Waals surface area contributed by atoms with E-state index in [-0.39, 0.29) is 23.0 Å². The monoisotopic (exact) mass is 596 g/mol. The molecule has 3 aromatic carbocycles. The number of ether oxygens (including phenoxy) is 1. The molecule has 0 spiro atoms. The number of carbonyl (C=O) groups is 3. The van der Waals surface area contributed by atoms with Crippen LogP contribution >= 0.6 is 28.1 Å². The Morgan fingerprint density at radius 1 is 0.868 bits per heavy atom. The highest BCUT2D eigenvalue weighted by molar-refractivity contribution is 9.10. The van der Waals surface area contributed by atoms with Crippen molar-refractivity contribution in [1.29, 1.82) is 0 Å². The van der Waals surface area contributed by atoms with E-state index in [0.717, 1.165) is 15.6 Å². The summed E-state index contributed by atoms with van der Waals surface area (Å²) in [5, 5.41) is 5.16. The molecule has 0 aliphatic heterocycles. The van der Waals surface area contributed by atoms with E-state index in [1.165, 1.54) is 0 Å². The summed E-state index contributed by atoms with van der Waals surface area (Å²) in [6.45, 7) is 8.00. The second kappa shape index (κ2) is 12.7. The van der Waals surface area contributed by atoms with Crippen LogP contribution in [0.15, 0.2) is 71.2 Å². The number of benzene rings is 3. The zero-order valence-corrected chi connectivity index (χ0v) is 23.9. The highest BCUT2D eigenvalue weighted by atomic mass is 79.9. The first-order chi connectivity index (χ1) is 17.9. The van der Waals surface area contributed by atoms with Crippen molar-refractivity contribution in [2.45, 2.75) is 33.1 Å². The average Bonchev–Trinajstić information content (AvgIpc) is 2.88. The molecule has 0 atom stereocenters. The van der Waals surface area contributed by atoms with Crippen LogP contribution in [0.25, 0.3) is 0 Å². The average molecular weight is 598 g/mol. The second-order valence-electron chi connectivity index (χ2n) is 9.51. The molecular formula is C28H29BrN4O4S. The van der Waals surface area contributed by atoms with E-state index < -0.39 is 11.8 Å². The van der Waals surface area contributed by atoms with Crippen LogP contribution in [0.1, 0.15) is 52.6 Å². The summed E-state index contributed by atoms with van der Waals surface area (Å²) in [7, 11) is 0. The number of hydrogen-bond donors (Lipinski definition) is 4. The third kappa shape index (κ3) is 8.39. The van der Waals surface area contributed by atoms with Crippen LogP contribution in [0.2, 0.25) is 0 Å². The molecule has 0 radical (unpaired) electrons. The number of hydrazine groups is 1.